The Morgan fingerprint density at radius 3 is 2.73 bits per heavy atom. The average molecular weight is 269 g/mol. The molecule has 1 fully saturated rings. The molecule has 1 aliphatic rings. The lowest BCUT2D eigenvalue weighted by atomic mass is 9.74. The van der Waals surface area contributed by atoms with Crippen LogP contribution in [0.25, 0.3) is 0 Å². The molecule has 0 aliphatic heterocycles. The molecule has 0 amide bonds. The van der Waals surface area contributed by atoms with Crippen LogP contribution in [0.2, 0.25) is 0 Å². The monoisotopic (exact) mass is 268 g/mol. The van der Waals surface area contributed by atoms with Crippen molar-refractivity contribution in [3.63, 3.8) is 0 Å². The number of aliphatic hydroxyl groups excluding tert-OH is 1. The lowest BCUT2D eigenvalue weighted by Crippen LogP contribution is -2.26. The first kappa shape index (κ1) is 11.2. The van der Waals surface area contributed by atoms with Crippen LogP contribution in [0.3, 0.4) is 0 Å². The van der Waals surface area contributed by atoms with Gasteiger partial charge in [-0.25, -0.2) is 0 Å². The Kier molecular flexibility index (Phi) is 3.81. The Morgan fingerprint density at radius 1 is 1.40 bits per heavy atom. The van der Waals surface area contributed by atoms with Crippen molar-refractivity contribution in [3.8, 4) is 0 Å². The molecule has 1 aromatic rings. The second kappa shape index (κ2) is 5.13. The fraction of sp³-hybridized carbons (Fsp3) is 0.538. The first-order valence-electron chi connectivity index (χ1n) is 5.65. The van der Waals surface area contributed by atoms with Gasteiger partial charge < -0.3 is 5.11 Å². The Hall–Kier alpha value is -0.340. The highest BCUT2D eigenvalue weighted by atomic mass is 79.9. The van der Waals surface area contributed by atoms with Gasteiger partial charge in [-0.2, -0.15) is 0 Å². The second-order valence-corrected chi connectivity index (χ2v) is 5.38. The lowest BCUT2D eigenvalue weighted by Gasteiger charge is -2.32. The molecule has 0 aromatic heterocycles. The molecule has 1 aromatic carbocycles. The molecule has 1 atom stereocenters. The third kappa shape index (κ3) is 2.82. The molecule has 0 spiro atoms. The highest BCUT2D eigenvalue weighted by molar-refractivity contribution is 9.10. The summed E-state index contributed by atoms with van der Waals surface area (Å²) < 4.78 is 1.13. The van der Waals surface area contributed by atoms with E-state index in [4.69, 9.17) is 0 Å². The molecule has 1 unspecified atom stereocenters. The molecule has 15 heavy (non-hydrogen) atoms. The van der Waals surface area contributed by atoms with Gasteiger partial charge in [0, 0.05) is 11.1 Å². The predicted octanol–water partition coefficient (Wildman–Crippen LogP) is 3.40. The zero-order chi connectivity index (χ0) is 10.7. The minimum atomic E-state index is 0.331. The summed E-state index contributed by atoms with van der Waals surface area (Å²) in [6.45, 7) is 0.331. The van der Waals surface area contributed by atoms with E-state index in [0.717, 1.165) is 16.8 Å². The Bertz CT molecular complexity index is 320. The Balaban J connectivity index is 1.99. The van der Waals surface area contributed by atoms with Crippen molar-refractivity contribution < 1.29 is 5.11 Å². The van der Waals surface area contributed by atoms with Crippen LogP contribution >= 0.6 is 15.9 Å². The summed E-state index contributed by atoms with van der Waals surface area (Å²) in [5, 5.41) is 9.38. The maximum Gasteiger partial charge on any atom is 0.0465 e. The maximum absolute atomic E-state index is 9.38. The largest absolute Gasteiger partial charge is 0.396 e. The SMILES string of the molecule is OCC(Cc1cccc(Br)c1)C1CCC1. The fourth-order valence-electron chi connectivity index (χ4n) is 2.26. The summed E-state index contributed by atoms with van der Waals surface area (Å²) in [6, 6.07) is 8.41. The molecule has 2 rings (SSSR count). The highest BCUT2D eigenvalue weighted by Crippen LogP contribution is 2.35. The van der Waals surface area contributed by atoms with Gasteiger partial charge in [0.15, 0.2) is 0 Å². The van der Waals surface area contributed by atoms with Gasteiger partial charge in [-0.1, -0.05) is 47.3 Å². The van der Waals surface area contributed by atoms with Crippen molar-refractivity contribution in [2.75, 3.05) is 6.61 Å². The van der Waals surface area contributed by atoms with E-state index in [1.54, 1.807) is 0 Å². The quantitative estimate of drug-likeness (QED) is 0.888. The zero-order valence-electron chi connectivity index (χ0n) is 8.82. The van der Waals surface area contributed by atoms with E-state index in [9.17, 15) is 5.11 Å². The molecular formula is C13H17BrO. The van der Waals surface area contributed by atoms with E-state index in [1.807, 2.05) is 6.07 Å². The van der Waals surface area contributed by atoms with E-state index in [-0.39, 0.29) is 0 Å². The predicted molar refractivity (Wildman–Crippen MR) is 65.8 cm³/mol. The summed E-state index contributed by atoms with van der Waals surface area (Å²) in [5.74, 6) is 1.22. The molecule has 0 heterocycles. The van der Waals surface area contributed by atoms with Gasteiger partial charge in [0.2, 0.25) is 0 Å². The van der Waals surface area contributed by atoms with Crippen LogP contribution in [-0.2, 0) is 6.42 Å². The van der Waals surface area contributed by atoms with Crippen LogP contribution in [0.15, 0.2) is 28.7 Å². The summed E-state index contributed by atoms with van der Waals surface area (Å²) >= 11 is 3.48. The van der Waals surface area contributed by atoms with Gasteiger partial charge in [-0.15, -0.1) is 0 Å². The van der Waals surface area contributed by atoms with E-state index < -0.39 is 0 Å². The molecule has 1 nitrogen and oxygen atoms in total. The molecule has 0 bridgehead atoms. The number of aliphatic hydroxyl groups is 1. The van der Waals surface area contributed by atoms with Gasteiger partial charge in [0.1, 0.15) is 0 Å². The maximum atomic E-state index is 9.38. The molecule has 0 saturated heterocycles. The summed E-state index contributed by atoms with van der Waals surface area (Å²) in [5.41, 5.74) is 1.33. The van der Waals surface area contributed by atoms with Gasteiger partial charge in [-0.05, 0) is 36.0 Å². The molecular weight excluding hydrogens is 252 g/mol. The van der Waals surface area contributed by atoms with Crippen LogP contribution in [0, 0.1) is 11.8 Å². The standard InChI is InChI=1S/C13H17BrO/c14-13-6-1-3-10(8-13)7-12(9-15)11-4-2-5-11/h1,3,6,8,11-12,15H,2,4-5,7,9H2. The average Bonchev–Trinajstić information content (AvgIpc) is 2.14. The zero-order valence-corrected chi connectivity index (χ0v) is 10.4. The van der Waals surface area contributed by atoms with E-state index >= 15 is 0 Å². The third-order valence-corrected chi connectivity index (χ3v) is 3.93. The van der Waals surface area contributed by atoms with Gasteiger partial charge >= 0.3 is 0 Å². The van der Waals surface area contributed by atoms with E-state index in [0.29, 0.717) is 12.5 Å². The van der Waals surface area contributed by atoms with Gasteiger partial charge in [0.05, 0.1) is 0 Å². The minimum absolute atomic E-state index is 0.331. The van der Waals surface area contributed by atoms with Crippen LogP contribution < -0.4 is 0 Å². The van der Waals surface area contributed by atoms with Gasteiger partial charge in [0.25, 0.3) is 0 Å². The first-order chi connectivity index (χ1) is 7.29. The van der Waals surface area contributed by atoms with Crippen LogP contribution in [0.5, 0.6) is 0 Å². The number of hydrogen-bond acceptors (Lipinski definition) is 1. The summed E-state index contributed by atoms with van der Waals surface area (Å²) in [7, 11) is 0. The number of halogens is 1. The topological polar surface area (TPSA) is 20.2 Å². The van der Waals surface area contributed by atoms with Crippen molar-refractivity contribution in [1.82, 2.24) is 0 Å². The Labute approximate surface area is 99.6 Å². The van der Waals surface area contributed by atoms with Crippen LogP contribution in [0.4, 0.5) is 0 Å². The normalized spacial score (nSPS) is 18.5. The van der Waals surface area contributed by atoms with Crippen molar-refractivity contribution in [2.45, 2.75) is 25.7 Å². The highest BCUT2D eigenvalue weighted by Gasteiger charge is 2.26. The smallest absolute Gasteiger partial charge is 0.0465 e. The molecule has 2 heteroatoms. The van der Waals surface area contributed by atoms with Crippen LogP contribution in [0.1, 0.15) is 24.8 Å². The number of benzene rings is 1. The van der Waals surface area contributed by atoms with Crippen molar-refractivity contribution in [1.29, 1.82) is 0 Å². The summed E-state index contributed by atoms with van der Waals surface area (Å²) in [6.07, 6.45) is 4.97. The molecule has 1 saturated carbocycles. The lowest BCUT2D eigenvalue weighted by molar-refractivity contribution is 0.123. The molecule has 0 radical (unpaired) electrons. The fourth-order valence-corrected chi connectivity index (χ4v) is 2.70. The Morgan fingerprint density at radius 2 is 2.20 bits per heavy atom. The molecule has 1 N–H and O–H groups in total. The molecule has 1 aliphatic carbocycles. The summed E-state index contributed by atoms with van der Waals surface area (Å²) in [4.78, 5) is 0. The van der Waals surface area contributed by atoms with Gasteiger partial charge in [-0.3, -0.25) is 0 Å². The minimum Gasteiger partial charge on any atom is -0.396 e. The second-order valence-electron chi connectivity index (χ2n) is 4.47. The van der Waals surface area contributed by atoms with Crippen molar-refractivity contribution in [2.24, 2.45) is 11.8 Å². The van der Waals surface area contributed by atoms with Crippen molar-refractivity contribution in [3.05, 3.63) is 34.3 Å². The third-order valence-electron chi connectivity index (χ3n) is 3.44. The van der Waals surface area contributed by atoms with Crippen molar-refractivity contribution >= 4 is 15.9 Å². The number of hydrogen-bond donors (Lipinski definition) is 1. The van der Waals surface area contributed by atoms with E-state index in [1.165, 1.54) is 24.8 Å². The molecule has 82 valence electrons. The first-order valence-corrected chi connectivity index (χ1v) is 6.44. The van der Waals surface area contributed by atoms with E-state index in [2.05, 4.69) is 34.1 Å². The van der Waals surface area contributed by atoms with Crippen LogP contribution in [-0.4, -0.2) is 11.7 Å². The number of rotatable bonds is 4.